The third-order valence-corrected chi connectivity index (χ3v) is 6.61. The molecule has 0 spiro atoms. The fraction of sp³-hybridized carbons (Fsp3) is 0.444. The molecule has 0 aliphatic carbocycles. The normalized spacial score (nSPS) is 15.6. The summed E-state index contributed by atoms with van der Waals surface area (Å²) in [4.78, 5) is 16.1. The Hall–Kier alpha value is -2.87. The van der Waals surface area contributed by atoms with Crippen molar-refractivity contribution in [3.8, 4) is 11.4 Å². The Bertz CT molecular complexity index is 1120. The van der Waals surface area contributed by atoms with Gasteiger partial charge in [-0.15, -0.1) is 0 Å². The van der Waals surface area contributed by atoms with Crippen molar-refractivity contribution in [2.45, 2.75) is 58.2 Å². The molecule has 0 atom stereocenters. The lowest BCUT2D eigenvalue weighted by molar-refractivity contribution is -0.137. The Balaban J connectivity index is 1.57. The molecular formula is C27H30F4N4. The number of hydrogen-bond acceptors (Lipinski definition) is 4. The van der Waals surface area contributed by atoms with Gasteiger partial charge in [-0.2, -0.15) is 13.2 Å². The fourth-order valence-corrected chi connectivity index (χ4v) is 4.50. The number of benzene rings is 2. The third-order valence-electron chi connectivity index (χ3n) is 6.61. The van der Waals surface area contributed by atoms with Crippen LogP contribution in [-0.4, -0.2) is 39.0 Å². The minimum atomic E-state index is -4.45. The number of piperidine rings is 1. The zero-order valence-electron chi connectivity index (χ0n) is 20.0. The van der Waals surface area contributed by atoms with Gasteiger partial charge in [0.25, 0.3) is 0 Å². The van der Waals surface area contributed by atoms with Gasteiger partial charge in [0.2, 0.25) is 0 Å². The lowest BCUT2D eigenvalue weighted by atomic mass is 9.91. The zero-order valence-corrected chi connectivity index (χ0v) is 20.0. The van der Waals surface area contributed by atoms with Crippen LogP contribution >= 0.6 is 0 Å². The Morgan fingerprint density at radius 2 is 1.63 bits per heavy atom. The minimum Gasteiger partial charge on any atom is -0.301 e. The Kier molecular flexibility index (Phi) is 7.79. The standard InChI is InChI=1S/C27H30F4N4/c1-18(2)35-14-12-19(13-15-35)8-11-24-32-25(16-20-6-9-23(28)10-7-20)34-26(33-24)21-4-3-5-22(17-21)27(29,30)31/h3-7,9-10,17-19H,8,11-16H2,1-2H3. The van der Waals surface area contributed by atoms with E-state index < -0.39 is 11.7 Å². The molecule has 4 rings (SSSR count). The van der Waals surface area contributed by atoms with Crippen LogP contribution in [0.1, 0.15) is 55.9 Å². The van der Waals surface area contributed by atoms with Crippen LogP contribution in [0.4, 0.5) is 17.6 Å². The molecule has 2 heterocycles. The SMILES string of the molecule is CC(C)N1CCC(CCc2nc(Cc3ccc(F)cc3)nc(-c3cccc(C(F)(F)F)c3)n2)CC1. The summed E-state index contributed by atoms with van der Waals surface area (Å²) in [6.07, 6.45) is -0.314. The number of aromatic nitrogens is 3. The first-order chi connectivity index (χ1) is 16.7. The highest BCUT2D eigenvalue weighted by Gasteiger charge is 2.30. The second kappa shape index (κ2) is 10.8. The van der Waals surface area contributed by atoms with Crippen LogP contribution in [0, 0.1) is 11.7 Å². The summed E-state index contributed by atoms with van der Waals surface area (Å²) in [7, 11) is 0. The first-order valence-electron chi connectivity index (χ1n) is 12.1. The Morgan fingerprint density at radius 1 is 0.943 bits per heavy atom. The molecule has 0 saturated carbocycles. The molecular weight excluding hydrogens is 456 g/mol. The molecule has 0 amide bonds. The van der Waals surface area contributed by atoms with Gasteiger partial charge in [-0.1, -0.05) is 24.3 Å². The summed E-state index contributed by atoms with van der Waals surface area (Å²) in [5.74, 6) is 1.50. The van der Waals surface area contributed by atoms with Crippen LogP contribution in [-0.2, 0) is 19.0 Å². The minimum absolute atomic E-state index is 0.229. The highest BCUT2D eigenvalue weighted by molar-refractivity contribution is 5.56. The number of rotatable bonds is 7. The van der Waals surface area contributed by atoms with Crippen LogP contribution in [0.3, 0.4) is 0 Å². The Labute approximate surface area is 203 Å². The zero-order chi connectivity index (χ0) is 25.0. The van der Waals surface area contributed by atoms with Gasteiger partial charge in [0.05, 0.1) is 5.56 Å². The smallest absolute Gasteiger partial charge is 0.301 e. The number of halogens is 4. The van der Waals surface area contributed by atoms with Crippen molar-refractivity contribution in [1.82, 2.24) is 19.9 Å². The van der Waals surface area contributed by atoms with Crippen LogP contribution in [0.25, 0.3) is 11.4 Å². The van der Waals surface area contributed by atoms with Crippen LogP contribution in [0.2, 0.25) is 0 Å². The van der Waals surface area contributed by atoms with Crippen molar-refractivity contribution >= 4 is 0 Å². The maximum absolute atomic E-state index is 13.3. The Morgan fingerprint density at radius 3 is 2.29 bits per heavy atom. The average Bonchev–Trinajstić information content (AvgIpc) is 2.84. The molecule has 1 aliphatic rings. The van der Waals surface area contributed by atoms with E-state index in [1.807, 2.05) is 0 Å². The number of alkyl halides is 3. The molecule has 1 saturated heterocycles. The van der Waals surface area contributed by atoms with Crippen LogP contribution in [0.5, 0.6) is 0 Å². The number of hydrogen-bond donors (Lipinski definition) is 0. The van der Waals surface area contributed by atoms with Gasteiger partial charge in [-0.25, -0.2) is 19.3 Å². The lowest BCUT2D eigenvalue weighted by Crippen LogP contribution is -2.38. The van der Waals surface area contributed by atoms with E-state index in [1.54, 1.807) is 18.2 Å². The molecule has 1 fully saturated rings. The van der Waals surface area contributed by atoms with Crippen molar-refractivity contribution in [2.24, 2.45) is 5.92 Å². The predicted molar refractivity (Wildman–Crippen MR) is 127 cm³/mol. The molecule has 0 unspecified atom stereocenters. The van der Waals surface area contributed by atoms with Gasteiger partial charge < -0.3 is 4.90 Å². The molecule has 2 aromatic carbocycles. The first kappa shape index (κ1) is 25.2. The molecule has 0 bridgehead atoms. The molecule has 4 nitrogen and oxygen atoms in total. The topological polar surface area (TPSA) is 41.9 Å². The van der Waals surface area contributed by atoms with E-state index in [9.17, 15) is 17.6 Å². The van der Waals surface area contributed by atoms with Crippen molar-refractivity contribution in [1.29, 1.82) is 0 Å². The molecule has 1 aliphatic heterocycles. The van der Waals surface area contributed by atoms with Gasteiger partial charge in [-0.3, -0.25) is 0 Å². The molecule has 0 radical (unpaired) electrons. The van der Waals surface area contributed by atoms with Gasteiger partial charge in [0, 0.05) is 24.4 Å². The highest BCUT2D eigenvalue weighted by atomic mass is 19.4. The molecule has 3 aromatic rings. The van der Waals surface area contributed by atoms with E-state index in [2.05, 4.69) is 33.7 Å². The second-order valence-corrected chi connectivity index (χ2v) is 9.49. The molecule has 186 valence electrons. The monoisotopic (exact) mass is 486 g/mol. The third kappa shape index (κ3) is 6.84. The van der Waals surface area contributed by atoms with E-state index in [0.29, 0.717) is 42.0 Å². The van der Waals surface area contributed by atoms with E-state index in [-0.39, 0.29) is 11.6 Å². The number of likely N-dealkylation sites (tertiary alicyclic amines) is 1. The summed E-state index contributed by atoms with van der Waals surface area (Å²) in [5, 5.41) is 0. The summed E-state index contributed by atoms with van der Waals surface area (Å²) >= 11 is 0. The molecule has 8 heteroatoms. The van der Waals surface area contributed by atoms with Crippen LogP contribution < -0.4 is 0 Å². The van der Waals surface area contributed by atoms with Crippen molar-refractivity contribution in [3.63, 3.8) is 0 Å². The van der Waals surface area contributed by atoms with Crippen molar-refractivity contribution in [2.75, 3.05) is 13.1 Å². The summed E-state index contributed by atoms with van der Waals surface area (Å²) in [6.45, 7) is 6.57. The first-order valence-corrected chi connectivity index (χ1v) is 12.1. The summed E-state index contributed by atoms with van der Waals surface area (Å²) < 4.78 is 53.2. The highest BCUT2D eigenvalue weighted by Crippen LogP contribution is 2.31. The average molecular weight is 487 g/mol. The maximum atomic E-state index is 13.3. The van der Waals surface area contributed by atoms with Gasteiger partial charge in [-0.05, 0) is 81.9 Å². The van der Waals surface area contributed by atoms with E-state index in [0.717, 1.165) is 50.0 Å². The second-order valence-electron chi connectivity index (χ2n) is 9.49. The number of aryl methyl sites for hydroxylation is 1. The summed E-state index contributed by atoms with van der Waals surface area (Å²) in [6, 6.07) is 11.7. The lowest BCUT2D eigenvalue weighted by Gasteiger charge is -2.34. The summed E-state index contributed by atoms with van der Waals surface area (Å²) in [5.41, 5.74) is 0.377. The van der Waals surface area contributed by atoms with Crippen LogP contribution in [0.15, 0.2) is 48.5 Å². The van der Waals surface area contributed by atoms with Gasteiger partial charge >= 0.3 is 6.18 Å². The van der Waals surface area contributed by atoms with E-state index in [4.69, 9.17) is 0 Å². The molecule has 0 N–H and O–H groups in total. The predicted octanol–water partition coefficient (Wildman–Crippen LogP) is 6.34. The van der Waals surface area contributed by atoms with Crippen molar-refractivity contribution in [3.05, 3.63) is 77.1 Å². The van der Waals surface area contributed by atoms with Gasteiger partial charge in [0.1, 0.15) is 17.5 Å². The van der Waals surface area contributed by atoms with Crippen molar-refractivity contribution < 1.29 is 17.6 Å². The maximum Gasteiger partial charge on any atom is 0.416 e. The fourth-order valence-electron chi connectivity index (χ4n) is 4.50. The molecule has 1 aromatic heterocycles. The van der Waals surface area contributed by atoms with E-state index in [1.165, 1.54) is 18.2 Å². The largest absolute Gasteiger partial charge is 0.416 e. The quantitative estimate of drug-likeness (QED) is 0.366. The number of nitrogens with zero attached hydrogens (tertiary/aromatic N) is 4. The van der Waals surface area contributed by atoms with Gasteiger partial charge in [0.15, 0.2) is 5.82 Å². The van der Waals surface area contributed by atoms with E-state index >= 15 is 0 Å². The molecule has 35 heavy (non-hydrogen) atoms.